The molecule has 0 spiro atoms. The molecule has 0 unspecified atom stereocenters. The van der Waals surface area contributed by atoms with Crippen molar-refractivity contribution >= 4 is 31.7 Å². The van der Waals surface area contributed by atoms with E-state index in [9.17, 15) is 26.7 Å². The van der Waals surface area contributed by atoms with Gasteiger partial charge in [0.1, 0.15) is 10.6 Å². The molecule has 0 saturated carbocycles. The molecule has 1 saturated heterocycles. The topological polar surface area (TPSA) is 130 Å². The minimum Gasteiger partial charge on any atom is -0.492 e. The van der Waals surface area contributed by atoms with Gasteiger partial charge < -0.3 is 9.84 Å². The summed E-state index contributed by atoms with van der Waals surface area (Å²) < 4.78 is 61.7. The molecule has 9 nitrogen and oxygen atoms in total. The van der Waals surface area contributed by atoms with E-state index >= 15 is 0 Å². The van der Waals surface area contributed by atoms with Gasteiger partial charge >= 0.3 is 5.97 Å². The number of aryl methyl sites for hydroxylation is 1. The summed E-state index contributed by atoms with van der Waals surface area (Å²) in [6, 6.07) is 6.54. The summed E-state index contributed by atoms with van der Waals surface area (Å²) in [5, 5.41) is 9.29. The van der Waals surface area contributed by atoms with E-state index in [2.05, 4.69) is 4.72 Å². The number of sulfonamides is 2. The van der Waals surface area contributed by atoms with Crippen molar-refractivity contribution in [2.45, 2.75) is 43.4 Å². The molecule has 0 aromatic heterocycles. The average Bonchev–Trinajstić information content (AvgIpc) is 3.26. The minimum atomic E-state index is -4.19. The van der Waals surface area contributed by atoms with Crippen LogP contribution in [0.1, 0.15) is 41.3 Å². The zero-order valence-corrected chi connectivity index (χ0v) is 19.7. The number of carbonyl (C=O) groups is 1. The molecular formula is C21H26N2O7S2. The third kappa shape index (κ3) is 4.74. The maximum Gasteiger partial charge on any atom is 0.335 e. The maximum atomic E-state index is 13.1. The van der Waals surface area contributed by atoms with E-state index < -0.39 is 26.0 Å². The van der Waals surface area contributed by atoms with Gasteiger partial charge in [-0.25, -0.2) is 21.6 Å². The third-order valence-electron chi connectivity index (χ3n) is 5.33. The second-order valence-corrected chi connectivity index (χ2v) is 11.1. The van der Waals surface area contributed by atoms with E-state index in [0.29, 0.717) is 24.2 Å². The smallest absolute Gasteiger partial charge is 0.335 e. The molecule has 3 rings (SSSR count). The summed E-state index contributed by atoms with van der Waals surface area (Å²) in [4.78, 5) is 11.1. The Bertz CT molecular complexity index is 1250. The highest BCUT2D eigenvalue weighted by Crippen LogP contribution is 2.33. The first-order valence-corrected chi connectivity index (χ1v) is 13.0. The molecule has 0 aliphatic carbocycles. The summed E-state index contributed by atoms with van der Waals surface area (Å²) in [7, 11) is -8.06. The molecule has 2 aromatic carbocycles. The maximum absolute atomic E-state index is 13.1. The van der Waals surface area contributed by atoms with Crippen LogP contribution in [-0.2, 0) is 20.0 Å². The first kappa shape index (κ1) is 24.0. The Kier molecular flexibility index (Phi) is 6.82. The molecule has 1 aliphatic heterocycles. The third-order valence-corrected chi connectivity index (χ3v) is 8.76. The number of aromatic carboxylic acids is 1. The lowest BCUT2D eigenvalue weighted by Crippen LogP contribution is -2.28. The summed E-state index contributed by atoms with van der Waals surface area (Å²) >= 11 is 0. The van der Waals surface area contributed by atoms with Gasteiger partial charge in [0, 0.05) is 13.1 Å². The van der Waals surface area contributed by atoms with Crippen molar-refractivity contribution in [3.05, 3.63) is 47.0 Å². The Morgan fingerprint density at radius 1 is 1.06 bits per heavy atom. The van der Waals surface area contributed by atoms with Gasteiger partial charge in [-0.3, -0.25) is 4.72 Å². The first-order chi connectivity index (χ1) is 15.0. The van der Waals surface area contributed by atoms with Crippen molar-refractivity contribution in [1.82, 2.24) is 4.31 Å². The Morgan fingerprint density at radius 2 is 1.72 bits per heavy atom. The number of ether oxygens (including phenoxy) is 1. The largest absolute Gasteiger partial charge is 0.492 e. The summed E-state index contributed by atoms with van der Waals surface area (Å²) in [5.74, 6) is -1.10. The molecule has 174 valence electrons. The van der Waals surface area contributed by atoms with E-state index in [1.165, 1.54) is 28.6 Å². The predicted molar refractivity (Wildman–Crippen MR) is 119 cm³/mol. The first-order valence-electron chi connectivity index (χ1n) is 10.1. The Labute approximate surface area is 188 Å². The minimum absolute atomic E-state index is 0.0315. The van der Waals surface area contributed by atoms with Crippen LogP contribution in [0.25, 0.3) is 0 Å². The van der Waals surface area contributed by atoms with Crippen LogP contribution >= 0.6 is 0 Å². The fourth-order valence-electron chi connectivity index (χ4n) is 3.56. The van der Waals surface area contributed by atoms with Gasteiger partial charge in [-0.15, -0.1) is 0 Å². The zero-order valence-electron chi connectivity index (χ0n) is 18.1. The quantitative estimate of drug-likeness (QED) is 0.591. The van der Waals surface area contributed by atoms with Crippen molar-refractivity contribution in [3.8, 4) is 5.75 Å². The number of nitrogens with one attached hydrogen (secondary N) is 1. The molecule has 0 amide bonds. The van der Waals surface area contributed by atoms with Crippen molar-refractivity contribution in [2.75, 3.05) is 24.4 Å². The van der Waals surface area contributed by atoms with Gasteiger partial charge in [-0.05, 0) is 75.1 Å². The molecule has 1 fully saturated rings. The highest BCUT2D eigenvalue weighted by molar-refractivity contribution is 7.92. The molecule has 0 atom stereocenters. The number of carboxylic acid groups (broad SMARTS) is 1. The number of anilines is 1. The lowest BCUT2D eigenvalue weighted by atomic mass is 10.1. The van der Waals surface area contributed by atoms with Crippen LogP contribution in [0.5, 0.6) is 5.75 Å². The summed E-state index contributed by atoms with van der Waals surface area (Å²) in [6.45, 7) is 5.96. The number of hydrogen-bond donors (Lipinski definition) is 2. The molecule has 2 aromatic rings. The molecule has 32 heavy (non-hydrogen) atoms. The van der Waals surface area contributed by atoms with Crippen LogP contribution in [-0.4, -0.2) is 51.9 Å². The van der Waals surface area contributed by atoms with Gasteiger partial charge in [0.15, 0.2) is 0 Å². The highest BCUT2D eigenvalue weighted by atomic mass is 32.2. The van der Waals surface area contributed by atoms with Crippen LogP contribution in [0.15, 0.2) is 40.1 Å². The molecule has 1 aliphatic rings. The Balaban J connectivity index is 2.05. The number of nitrogens with zero attached hydrogens (tertiary/aromatic N) is 1. The van der Waals surface area contributed by atoms with Crippen molar-refractivity contribution in [1.29, 1.82) is 0 Å². The normalized spacial score (nSPS) is 15.0. The average molecular weight is 483 g/mol. The van der Waals surface area contributed by atoms with Crippen molar-refractivity contribution in [3.63, 3.8) is 0 Å². The number of rotatable bonds is 8. The lowest BCUT2D eigenvalue weighted by Gasteiger charge is -2.19. The van der Waals surface area contributed by atoms with Crippen LogP contribution in [0.2, 0.25) is 0 Å². The number of hydrogen-bond acceptors (Lipinski definition) is 6. The van der Waals surface area contributed by atoms with E-state index in [1.54, 1.807) is 20.8 Å². The number of benzene rings is 2. The lowest BCUT2D eigenvalue weighted by molar-refractivity contribution is 0.0696. The van der Waals surface area contributed by atoms with Gasteiger partial charge in [0.2, 0.25) is 10.0 Å². The van der Waals surface area contributed by atoms with Crippen molar-refractivity contribution in [2.24, 2.45) is 0 Å². The highest BCUT2D eigenvalue weighted by Gasteiger charge is 2.31. The molecule has 1 heterocycles. The fourth-order valence-corrected chi connectivity index (χ4v) is 6.62. The van der Waals surface area contributed by atoms with E-state index in [4.69, 9.17) is 4.74 Å². The second kappa shape index (κ2) is 9.08. The Hall–Kier alpha value is -2.63. The molecule has 2 N–H and O–H groups in total. The summed E-state index contributed by atoms with van der Waals surface area (Å²) in [6.07, 6.45) is 1.52. The van der Waals surface area contributed by atoms with E-state index in [0.717, 1.165) is 18.9 Å². The predicted octanol–water partition coefficient (Wildman–Crippen LogP) is 2.99. The zero-order chi connectivity index (χ0) is 23.7. The molecule has 0 radical (unpaired) electrons. The van der Waals surface area contributed by atoms with Crippen LogP contribution in [0.4, 0.5) is 5.69 Å². The standard InChI is InChI=1S/C21H26N2O7S2/c1-4-30-18-8-7-17(13-20(18)32(28,29)23-9-5-6-10-23)22-31(26,27)19-12-16(21(24)25)11-14(2)15(19)3/h7-8,11-13,22H,4-6,9-10H2,1-3H3,(H,24,25). The summed E-state index contributed by atoms with van der Waals surface area (Å²) in [5.41, 5.74) is 0.786. The fraction of sp³-hybridized carbons (Fsp3) is 0.381. The van der Waals surface area contributed by atoms with E-state index in [-0.39, 0.29) is 33.4 Å². The van der Waals surface area contributed by atoms with Crippen molar-refractivity contribution < 1.29 is 31.5 Å². The van der Waals surface area contributed by atoms with E-state index in [1.807, 2.05) is 0 Å². The van der Waals surface area contributed by atoms with Crippen LogP contribution < -0.4 is 9.46 Å². The van der Waals surface area contributed by atoms with Crippen LogP contribution in [0, 0.1) is 13.8 Å². The monoisotopic (exact) mass is 482 g/mol. The van der Waals surface area contributed by atoms with Gasteiger partial charge in [0.25, 0.3) is 10.0 Å². The van der Waals surface area contributed by atoms with Gasteiger partial charge in [-0.2, -0.15) is 4.31 Å². The van der Waals surface area contributed by atoms with Crippen LogP contribution in [0.3, 0.4) is 0 Å². The number of carboxylic acids is 1. The Morgan fingerprint density at radius 3 is 2.31 bits per heavy atom. The molecular weight excluding hydrogens is 456 g/mol. The van der Waals surface area contributed by atoms with Gasteiger partial charge in [-0.1, -0.05) is 0 Å². The molecule has 11 heteroatoms. The van der Waals surface area contributed by atoms with Gasteiger partial charge in [0.05, 0.1) is 22.8 Å². The SMILES string of the molecule is CCOc1ccc(NS(=O)(=O)c2cc(C(=O)O)cc(C)c2C)cc1S(=O)(=O)N1CCCC1. The second-order valence-electron chi connectivity index (χ2n) is 7.53. The molecule has 0 bridgehead atoms.